The number of aryl methyl sites for hydroxylation is 1. The molecule has 1 heterocycles. The van der Waals surface area contributed by atoms with E-state index in [2.05, 4.69) is 10.6 Å². The molecule has 2 amide bonds. The minimum absolute atomic E-state index is 0.264. The number of rotatable bonds is 6. The first-order valence-corrected chi connectivity index (χ1v) is 7.54. The lowest BCUT2D eigenvalue weighted by Crippen LogP contribution is -2.47. The Hall–Kier alpha value is -2.56. The Morgan fingerprint density at radius 1 is 1.00 bits per heavy atom. The molecule has 1 aromatic heterocycles. The predicted octanol–water partition coefficient (Wildman–Crippen LogP) is 2.55. The number of carbonyl (C=O) groups is 2. The van der Waals surface area contributed by atoms with Gasteiger partial charge in [0.15, 0.2) is 0 Å². The third-order valence-electron chi connectivity index (χ3n) is 3.71. The first-order chi connectivity index (χ1) is 10.9. The Morgan fingerprint density at radius 3 is 2.17 bits per heavy atom. The average Bonchev–Trinajstić information content (AvgIpc) is 3.05. The fourth-order valence-corrected chi connectivity index (χ4v) is 2.01. The van der Waals surface area contributed by atoms with Crippen molar-refractivity contribution in [1.82, 2.24) is 10.6 Å². The van der Waals surface area contributed by atoms with Crippen molar-refractivity contribution in [1.29, 1.82) is 0 Å². The highest BCUT2D eigenvalue weighted by Gasteiger charge is 2.35. The van der Waals surface area contributed by atoms with E-state index in [9.17, 15) is 9.59 Å². The minimum Gasteiger partial charge on any atom is -0.467 e. The quantitative estimate of drug-likeness (QED) is 0.805. The summed E-state index contributed by atoms with van der Waals surface area (Å²) >= 11 is 0. The van der Waals surface area contributed by atoms with Gasteiger partial charge in [0.2, 0.25) is 11.8 Å². The van der Waals surface area contributed by atoms with E-state index in [1.54, 1.807) is 32.2 Å². The van der Waals surface area contributed by atoms with Gasteiger partial charge in [0.1, 0.15) is 11.2 Å². The lowest BCUT2D eigenvalue weighted by molar-refractivity contribution is -0.141. The smallest absolute Gasteiger partial charge is 0.235 e. The van der Waals surface area contributed by atoms with E-state index in [1.165, 1.54) is 0 Å². The maximum atomic E-state index is 12.3. The maximum absolute atomic E-state index is 12.3. The van der Waals surface area contributed by atoms with Gasteiger partial charge in [0.25, 0.3) is 0 Å². The molecule has 0 radical (unpaired) electrons. The molecule has 2 aromatic rings. The van der Waals surface area contributed by atoms with Crippen LogP contribution in [0.4, 0.5) is 0 Å². The zero-order valence-corrected chi connectivity index (χ0v) is 13.7. The summed E-state index contributed by atoms with van der Waals surface area (Å²) in [6.07, 6.45) is 1.54. The molecule has 0 aliphatic heterocycles. The molecular formula is C18H22N2O3. The number of carbonyl (C=O) groups excluding carboxylic acids is 2. The van der Waals surface area contributed by atoms with Gasteiger partial charge in [-0.05, 0) is 38.5 Å². The van der Waals surface area contributed by atoms with Crippen LogP contribution in [0.15, 0.2) is 47.1 Å². The number of hydrogen-bond donors (Lipinski definition) is 2. The first kappa shape index (κ1) is 16.8. The number of hydrogen-bond acceptors (Lipinski definition) is 3. The van der Waals surface area contributed by atoms with Crippen molar-refractivity contribution >= 4 is 11.8 Å². The summed E-state index contributed by atoms with van der Waals surface area (Å²) in [6, 6.07) is 11.4. The van der Waals surface area contributed by atoms with Crippen LogP contribution in [0, 0.1) is 12.3 Å². The van der Waals surface area contributed by atoms with Gasteiger partial charge < -0.3 is 15.1 Å². The van der Waals surface area contributed by atoms with Gasteiger partial charge >= 0.3 is 0 Å². The zero-order valence-electron chi connectivity index (χ0n) is 13.7. The van der Waals surface area contributed by atoms with Gasteiger partial charge in [-0.25, -0.2) is 0 Å². The van der Waals surface area contributed by atoms with Gasteiger partial charge in [0, 0.05) is 6.54 Å². The van der Waals surface area contributed by atoms with Crippen LogP contribution < -0.4 is 10.6 Å². The second kappa shape index (κ2) is 7.13. The van der Waals surface area contributed by atoms with Gasteiger partial charge in [-0.2, -0.15) is 0 Å². The third-order valence-corrected chi connectivity index (χ3v) is 3.71. The van der Waals surface area contributed by atoms with Crippen LogP contribution in [0.5, 0.6) is 0 Å². The van der Waals surface area contributed by atoms with Gasteiger partial charge in [-0.15, -0.1) is 0 Å². The third kappa shape index (κ3) is 4.45. The highest BCUT2D eigenvalue weighted by Crippen LogP contribution is 2.16. The molecule has 1 aromatic carbocycles. The van der Waals surface area contributed by atoms with Gasteiger partial charge in [-0.3, -0.25) is 9.59 Å². The SMILES string of the molecule is Cc1ccc(CNC(=O)C(C)(C)C(=O)NCc2ccco2)cc1. The van der Waals surface area contributed by atoms with Crippen molar-refractivity contribution in [2.75, 3.05) is 0 Å². The van der Waals surface area contributed by atoms with Crippen LogP contribution in [0.25, 0.3) is 0 Å². The fraction of sp³-hybridized carbons (Fsp3) is 0.333. The Labute approximate surface area is 136 Å². The molecule has 0 spiro atoms. The van der Waals surface area contributed by atoms with E-state index >= 15 is 0 Å². The van der Waals surface area contributed by atoms with Crippen LogP contribution in [-0.4, -0.2) is 11.8 Å². The number of furan rings is 1. The molecule has 2 rings (SSSR count). The molecule has 0 unspecified atom stereocenters. The summed E-state index contributed by atoms with van der Waals surface area (Å²) < 4.78 is 5.16. The van der Waals surface area contributed by atoms with Crippen molar-refractivity contribution in [3.05, 3.63) is 59.5 Å². The Kier molecular flexibility index (Phi) is 5.21. The molecule has 122 valence electrons. The normalized spacial score (nSPS) is 11.1. The minimum atomic E-state index is -1.16. The van der Waals surface area contributed by atoms with Gasteiger partial charge in [-0.1, -0.05) is 29.8 Å². The summed E-state index contributed by atoms with van der Waals surface area (Å²) in [5, 5.41) is 5.53. The highest BCUT2D eigenvalue weighted by atomic mass is 16.3. The second-order valence-electron chi connectivity index (χ2n) is 6.06. The highest BCUT2D eigenvalue weighted by molar-refractivity contribution is 6.04. The summed E-state index contributed by atoms with van der Waals surface area (Å²) in [7, 11) is 0. The molecule has 23 heavy (non-hydrogen) atoms. The van der Waals surface area contributed by atoms with E-state index in [-0.39, 0.29) is 18.4 Å². The van der Waals surface area contributed by atoms with E-state index in [0.717, 1.165) is 11.1 Å². The number of nitrogens with one attached hydrogen (secondary N) is 2. The number of benzene rings is 1. The van der Waals surface area contributed by atoms with Crippen LogP contribution >= 0.6 is 0 Å². The lowest BCUT2D eigenvalue weighted by atomic mass is 9.91. The molecule has 0 aliphatic rings. The van der Waals surface area contributed by atoms with Crippen LogP contribution in [0.2, 0.25) is 0 Å². The molecule has 2 N–H and O–H groups in total. The summed E-state index contributed by atoms with van der Waals surface area (Å²) in [5.41, 5.74) is 1.01. The second-order valence-corrected chi connectivity index (χ2v) is 6.06. The van der Waals surface area contributed by atoms with Crippen molar-refractivity contribution in [2.24, 2.45) is 5.41 Å². The monoisotopic (exact) mass is 314 g/mol. The largest absolute Gasteiger partial charge is 0.467 e. The van der Waals surface area contributed by atoms with Crippen LogP contribution in [0.1, 0.15) is 30.7 Å². The van der Waals surface area contributed by atoms with Crippen LogP contribution in [-0.2, 0) is 22.7 Å². The molecule has 5 nitrogen and oxygen atoms in total. The molecular weight excluding hydrogens is 292 g/mol. The van der Waals surface area contributed by atoms with Crippen molar-refractivity contribution in [2.45, 2.75) is 33.9 Å². The standard InChI is InChI=1S/C18H22N2O3/c1-13-6-8-14(9-7-13)11-19-16(21)18(2,3)17(22)20-12-15-5-4-10-23-15/h4-10H,11-12H2,1-3H3,(H,19,21)(H,20,22). The molecule has 0 fully saturated rings. The van der Waals surface area contributed by atoms with E-state index < -0.39 is 5.41 Å². The predicted molar refractivity (Wildman–Crippen MR) is 87.4 cm³/mol. The molecule has 0 atom stereocenters. The van der Waals surface area contributed by atoms with Crippen molar-refractivity contribution in [3.63, 3.8) is 0 Å². The fourth-order valence-electron chi connectivity index (χ4n) is 2.01. The van der Waals surface area contributed by atoms with E-state index in [0.29, 0.717) is 12.3 Å². The molecule has 0 aliphatic carbocycles. The zero-order chi connectivity index (χ0) is 16.9. The van der Waals surface area contributed by atoms with E-state index in [1.807, 2.05) is 31.2 Å². The topological polar surface area (TPSA) is 71.3 Å². The summed E-state index contributed by atoms with van der Waals surface area (Å²) in [6.45, 7) is 5.88. The first-order valence-electron chi connectivity index (χ1n) is 7.54. The lowest BCUT2D eigenvalue weighted by Gasteiger charge is -2.22. The molecule has 0 saturated heterocycles. The molecule has 5 heteroatoms. The summed E-state index contributed by atoms with van der Waals surface area (Å²) in [4.78, 5) is 24.6. The Bertz CT molecular complexity index is 658. The maximum Gasteiger partial charge on any atom is 0.235 e. The van der Waals surface area contributed by atoms with Crippen LogP contribution in [0.3, 0.4) is 0 Å². The van der Waals surface area contributed by atoms with Gasteiger partial charge in [0.05, 0.1) is 12.8 Å². The molecule has 0 bridgehead atoms. The average molecular weight is 314 g/mol. The molecule has 0 saturated carbocycles. The van der Waals surface area contributed by atoms with Crippen molar-refractivity contribution < 1.29 is 14.0 Å². The Balaban J connectivity index is 1.87. The Morgan fingerprint density at radius 2 is 1.61 bits per heavy atom. The van der Waals surface area contributed by atoms with Crippen molar-refractivity contribution in [3.8, 4) is 0 Å². The van der Waals surface area contributed by atoms with E-state index in [4.69, 9.17) is 4.42 Å². The summed E-state index contributed by atoms with van der Waals surface area (Å²) in [5.74, 6) is -0.000426. The number of amides is 2.